The van der Waals surface area contributed by atoms with Crippen LogP contribution >= 0.6 is 0 Å². The van der Waals surface area contributed by atoms with Crippen molar-refractivity contribution >= 4 is 23.5 Å². The normalized spacial score (nSPS) is 34.8. The predicted octanol–water partition coefficient (Wildman–Crippen LogP) is 3.26. The van der Waals surface area contributed by atoms with E-state index >= 15 is 0 Å². The zero-order valence-electron chi connectivity index (χ0n) is 36.9. The molecule has 17 nitrogen and oxygen atoms in total. The first kappa shape index (κ1) is 47.3. The summed E-state index contributed by atoms with van der Waals surface area (Å²) in [5.41, 5.74) is 6.97. The van der Waals surface area contributed by atoms with E-state index in [-0.39, 0.29) is 30.7 Å². The van der Waals surface area contributed by atoms with Gasteiger partial charge in [-0.25, -0.2) is 4.79 Å². The lowest BCUT2D eigenvalue weighted by molar-refractivity contribution is -0.284. The number of amides is 1. The predicted molar refractivity (Wildman–Crippen MR) is 223 cm³/mol. The Bertz CT molecular complexity index is 1730. The average Bonchev–Trinajstić information content (AvgIpc) is 3.80. The van der Waals surface area contributed by atoms with Crippen molar-refractivity contribution < 1.29 is 48.3 Å². The summed E-state index contributed by atoms with van der Waals surface area (Å²) in [5.74, 6) is -3.22. The van der Waals surface area contributed by atoms with Crippen LogP contribution in [0.4, 0.5) is 10.5 Å². The van der Waals surface area contributed by atoms with Crippen LogP contribution in [0.2, 0.25) is 0 Å². The van der Waals surface area contributed by atoms with E-state index in [0.29, 0.717) is 64.0 Å². The largest absolute Gasteiger partial charge is 0.458 e. The molecule has 3 aliphatic rings. The molecular formula is C43H69N7O10. The van der Waals surface area contributed by atoms with E-state index in [4.69, 9.17) is 29.4 Å². The molecule has 17 heteroatoms. The molecule has 1 amide bonds. The second kappa shape index (κ2) is 20.9. The third-order valence-electron chi connectivity index (χ3n) is 12.7. The van der Waals surface area contributed by atoms with E-state index in [1.807, 2.05) is 70.1 Å². The molecule has 0 saturated carbocycles. The van der Waals surface area contributed by atoms with E-state index in [2.05, 4.69) is 22.6 Å². The molecule has 336 valence electrons. The third-order valence-corrected chi connectivity index (χ3v) is 12.7. The number of nitrogens with zero attached hydrogens (tertiary/aromatic N) is 5. The molecule has 0 aliphatic carbocycles. The number of aliphatic hydroxyl groups is 2. The van der Waals surface area contributed by atoms with Gasteiger partial charge in [0.15, 0.2) is 17.7 Å². The molecule has 3 saturated heterocycles. The Hall–Kier alpha value is -3.71. The van der Waals surface area contributed by atoms with Crippen molar-refractivity contribution in [3.05, 3.63) is 30.5 Å². The Morgan fingerprint density at radius 3 is 2.52 bits per heavy atom. The van der Waals surface area contributed by atoms with Crippen LogP contribution in [0.3, 0.4) is 0 Å². The number of ketones is 1. The number of carbonyl (C=O) groups excluding carboxylic acids is 3. The molecule has 13 atom stereocenters. The summed E-state index contributed by atoms with van der Waals surface area (Å²) >= 11 is 0. The number of likely N-dealkylation sites (N-methyl/N-ethyl adjacent to an activating group) is 1. The van der Waals surface area contributed by atoms with Crippen molar-refractivity contribution in [2.24, 2.45) is 17.8 Å². The van der Waals surface area contributed by atoms with Gasteiger partial charge in [-0.3, -0.25) is 24.1 Å². The second-order valence-corrected chi connectivity index (χ2v) is 17.4. The summed E-state index contributed by atoms with van der Waals surface area (Å²) in [6.07, 6.45) is -0.781. The lowest BCUT2D eigenvalue weighted by atomic mass is 9.84. The maximum Gasteiger partial charge on any atom is 0.410 e. The number of hydrogen-bond donors (Lipinski definition) is 4. The highest BCUT2D eigenvalue weighted by Gasteiger charge is 2.58. The van der Waals surface area contributed by atoms with E-state index in [1.54, 1.807) is 23.6 Å². The smallest absolute Gasteiger partial charge is 0.410 e. The van der Waals surface area contributed by atoms with Gasteiger partial charge in [0, 0.05) is 56.0 Å². The fourth-order valence-corrected chi connectivity index (χ4v) is 9.23. The molecule has 3 aliphatic heterocycles. The maximum absolute atomic E-state index is 14.3. The Morgan fingerprint density at radius 2 is 1.83 bits per heavy atom. The molecule has 3 unspecified atom stereocenters. The van der Waals surface area contributed by atoms with Gasteiger partial charge in [-0.15, -0.1) is 5.10 Å². The summed E-state index contributed by atoms with van der Waals surface area (Å²) in [6, 6.07) is 6.29. The van der Waals surface area contributed by atoms with Crippen LogP contribution in [0, 0.1) is 17.8 Å². The van der Waals surface area contributed by atoms with E-state index in [0.717, 1.165) is 11.3 Å². The minimum Gasteiger partial charge on any atom is -0.458 e. The lowest BCUT2D eigenvalue weighted by Gasteiger charge is -2.44. The number of rotatable bonds is 13. The topological polar surface area (TPSA) is 213 Å². The first-order valence-electron chi connectivity index (χ1n) is 21.6. The molecule has 1 aromatic carbocycles. The Morgan fingerprint density at radius 1 is 1.10 bits per heavy atom. The molecule has 2 aromatic rings. The number of nitrogen functional groups attached to an aromatic ring is 1. The van der Waals surface area contributed by atoms with Gasteiger partial charge in [-0.05, 0) is 91.4 Å². The van der Waals surface area contributed by atoms with Crippen LogP contribution in [0.25, 0.3) is 11.3 Å². The summed E-state index contributed by atoms with van der Waals surface area (Å²) < 4.78 is 32.9. The zero-order valence-corrected chi connectivity index (χ0v) is 36.9. The van der Waals surface area contributed by atoms with E-state index < -0.39 is 72.0 Å². The van der Waals surface area contributed by atoms with Gasteiger partial charge < -0.3 is 44.9 Å². The van der Waals surface area contributed by atoms with Crippen molar-refractivity contribution in [1.29, 1.82) is 0 Å². The number of cyclic esters (lactones) is 1. The molecule has 4 heterocycles. The number of ether oxygens (including phenoxy) is 5. The SMILES string of the molecule is CC[C@H]1OC(=O)[C@H](C)C(=O)[C@H](C)[C@@H](O[C@@H]2OC(C)CC(N(C)CCO)C2O)[C@H](OC)C[C@@H](C)CN[C@H](C)[C@H]2N(CCCCn3cc(-c4cccc(N)c4)nn3)C(=O)O[C@]12C. The fourth-order valence-electron chi connectivity index (χ4n) is 9.23. The molecule has 5 rings (SSSR count). The summed E-state index contributed by atoms with van der Waals surface area (Å²) in [7, 11) is 3.39. The number of aliphatic hydroxyl groups excluding tert-OH is 2. The number of methoxy groups -OCH3 is 1. The Kier molecular flexibility index (Phi) is 16.5. The molecule has 0 spiro atoms. The number of benzene rings is 1. The number of carbonyl (C=O) groups is 3. The standard InChI is InChI=1S/C43H69N7O10/c1-10-35-43(7)39(50(42(55)60-43)17-12-11-16-49-24-32(46-47-49)30-14-13-15-31(44)22-30)29(6)45-23-25(2)20-34(56-9)38(27(4)36(52)28(5)40(54)58-35)59-41-37(53)33(21-26(3)57-41)48(8)18-19-51/h13-15,22,24-29,33-35,37-39,41,45,51,53H,10-12,16-21,23,44H2,1-9H3/t25-,26?,27+,28-,29-,33?,34-,35-,37?,38-,39-,41+,43-/m1/s1. The third kappa shape index (κ3) is 10.8. The van der Waals surface area contributed by atoms with Crippen LogP contribution in [-0.4, -0.2) is 154 Å². The van der Waals surface area contributed by atoms with E-state index in [9.17, 15) is 24.6 Å². The minimum atomic E-state index is -1.24. The Balaban J connectivity index is 1.35. The number of fused-ring (bicyclic) bond motifs is 1. The molecule has 60 heavy (non-hydrogen) atoms. The molecule has 5 N–H and O–H groups in total. The number of nitrogens with two attached hydrogens (primary N) is 1. The van der Waals surface area contributed by atoms with Crippen molar-refractivity contribution in [2.75, 3.05) is 46.1 Å². The maximum atomic E-state index is 14.3. The molecule has 1 aromatic heterocycles. The van der Waals surface area contributed by atoms with Crippen LogP contribution in [0.15, 0.2) is 30.5 Å². The van der Waals surface area contributed by atoms with Crippen LogP contribution in [-0.2, 0) is 39.8 Å². The van der Waals surface area contributed by atoms with Crippen molar-refractivity contribution in [1.82, 2.24) is 30.1 Å². The number of aryl methyl sites for hydroxylation is 1. The molecular weight excluding hydrogens is 775 g/mol. The van der Waals surface area contributed by atoms with Crippen molar-refractivity contribution in [3.63, 3.8) is 0 Å². The number of hydrogen-bond acceptors (Lipinski definition) is 15. The summed E-state index contributed by atoms with van der Waals surface area (Å²) in [4.78, 5) is 45.7. The number of nitrogens with one attached hydrogen (secondary N) is 1. The monoisotopic (exact) mass is 844 g/mol. The highest BCUT2D eigenvalue weighted by molar-refractivity contribution is 6.00. The highest BCUT2D eigenvalue weighted by atomic mass is 16.7. The van der Waals surface area contributed by atoms with Gasteiger partial charge in [0.1, 0.15) is 23.8 Å². The van der Waals surface area contributed by atoms with Gasteiger partial charge in [0.2, 0.25) is 0 Å². The Labute approximate surface area is 354 Å². The van der Waals surface area contributed by atoms with Gasteiger partial charge >= 0.3 is 12.1 Å². The number of anilines is 1. The molecule has 0 radical (unpaired) electrons. The van der Waals surface area contributed by atoms with Crippen molar-refractivity contribution in [2.45, 2.75) is 148 Å². The summed E-state index contributed by atoms with van der Waals surface area (Å²) in [6.45, 7) is 14.6. The first-order chi connectivity index (χ1) is 28.5. The van der Waals surface area contributed by atoms with Gasteiger partial charge in [0.25, 0.3) is 0 Å². The van der Waals surface area contributed by atoms with Crippen LogP contribution in [0.5, 0.6) is 0 Å². The van der Waals surface area contributed by atoms with Gasteiger partial charge in [-0.1, -0.05) is 38.1 Å². The molecule has 0 bridgehead atoms. The van der Waals surface area contributed by atoms with Crippen LogP contribution < -0.4 is 11.1 Å². The minimum absolute atomic E-state index is 0.00890. The highest BCUT2D eigenvalue weighted by Crippen LogP contribution is 2.39. The zero-order chi connectivity index (χ0) is 43.9. The summed E-state index contributed by atoms with van der Waals surface area (Å²) in [5, 5.41) is 33.3. The lowest BCUT2D eigenvalue weighted by Crippen LogP contribution is -2.60. The first-order valence-corrected chi connectivity index (χ1v) is 21.6. The van der Waals surface area contributed by atoms with Gasteiger partial charge in [-0.2, -0.15) is 0 Å². The quantitative estimate of drug-likeness (QED) is 0.0987. The average molecular weight is 844 g/mol. The molecule has 3 fully saturated rings. The second-order valence-electron chi connectivity index (χ2n) is 17.4. The van der Waals surface area contributed by atoms with Gasteiger partial charge in [0.05, 0.1) is 37.2 Å². The number of unbranched alkanes of at least 4 members (excludes halogenated alkanes) is 1. The fraction of sp³-hybridized carbons (Fsp3) is 0.744. The number of Topliss-reactive ketones (excluding diaryl/α,β-unsaturated/α-hetero) is 1. The number of esters is 1. The van der Waals surface area contributed by atoms with E-state index in [1.165, 1.54) is 6.92 Å². The number of aromatic nitrogens is 3. The van der Waals surface area contributed by atoms with Crippen LogP contribution in [0.1, 0.15) is 80.6 Å². The van der Waals surface area contributed by atoms with Crippen molar-refractivity contribution in [3.8, 4) is 11.3 Å².